The molecule has 0 aliphatic heterocycles. The van der Waals surface area contributed by atoms with Crippen LogP contribution in [0.5, 0.6) is 0 Å². The molecule has 0 saturated heterocycles. The predicted molar refractivity (Wildman–Crippen MR) is 112 cm³/mol. The van der Waals surface area contributed by atoms with Crippen molar-refractivity contribution in [1.29, 1.82) is 0 Å². The smallest absolute Gasteiger partial charge is 0.215 e. The molecular formula is C24H23NO2S. The van der Waals surface area contributed by atoms with Gasteiger partial charge in [-0.2, -0.15) is 0 Å². The van der Waals surface area contributed by atoms with Gasteiger partial charge >= 0.3 is 0 Å². The third-order valence-electron chi connectivity index (χ3n) is 6.19. The molecule has 0 heterocycles. The number of benzene rings is 3. The van der Waals surface area contributed by atoms with Gasteiger partial charge in [-0.05, 0) is 40.2 Å². The molecule has 4 heteroatoms. The maximum Gasteiger partial charge on any atom is 0.215 e. The molecule has 1 unspecified atom stereocenters. The summed E-state index contributed by atoms with van der Waals surface area (Å²) in [6.07, 6.45) is 0.993. The number of nitrogens with one attached hydrogen (secondary N) is 1. The molecule has 0 spiro atoms. The van der Waals surface area contributed by atoms with Crippen LogP contribution in [0.4, 0.5) is 0 Å². The summed E-state index contributed by atoms with van der Waals surface area (Å²) in [6.45, 7) is 0.485. The minimum absolute atomic E-state index is 0.0296. The third-order valence-corrected chi connectivity index (χ3v) is 7.51. The monoisotopic (exact) mass is 389 g/mol. The second-order valence-corrected chi connectivity index (χ2v) is 9.68. The van der Waals surface area contributed by atoms with Gasteiger partial charge in [0.1, 0.15) is 0 Å². The zero-order chi connectivity index (χ0) is 19.1. The van der Waals surface area contributed by atoms with E-state index in [2.05, 4.69) is 53.3 Å². The van der Waals surface area contributed by atoms with Crippen molar-refractivity contribution in [1.82, 2.24) is 4.72 Å². The largest absolute Gasteiger partial charge is 0.215 e. The Morgan fingerprint density at radius 1 is 0.750 bits per heavy atom. The van der Waals surface area contributed by atoms with Crippen LogP contribution < -0.4 is 4.72 Å². The van der Waals surface area contributed by atoms with Gasteiger partial charge in [-0.15, -0.1) is 0 Å². The van der Waals surface area contributed by atoms with E-state index in [4.69, 9.17) is 0 Å². The molecule has 0 fully saturated rings. The number of hydrogen-bond donors (Lipinski definition) is 1. The van der Waals surface area contributed by atoms with Crippen LogP contribution >= 0.6 is 0 Å². The van der Waals surface area contributed by atoms with Crippen molar-refractivity contribution >= 4 is 10.0 Å². The van der Waals surface area contributed by atoms with E-state index >= 15 is 0 Å². The van der Waals surface area contributed by atoms with E-state index in [-0.39, 0.29) is 17.6 Å². The first kappa shape index (κ1) is 17.7. The first-order valence-electron chi connectivity index (χ1n) is 9.81. The Morgan fingerprint density at radius 2 is 1.29 bits per heavy atom. The maximum absolute atomic E-state index is 12.6. The number of hydrogen-bond acceptors (Lipinski definition) is 2. The number of sulfonamides is 1. The van der Waals surface area contributed by atoms with Crippen LogP contribution in [0.3, 0.4) is 0 Å². The van der Waals surface area contributed by atoms with Crippen molar-refractivity contribution in [2.45, 2.75) is 24.0 Å². The van der Waals surface area contributed by atoms with Gasteiger partial charge in [0.15, 0.2) is 0 Å². The van der Waals surface area contributed by atoms with E-state index in [0.717, 1.165) is 12.0 Å². The van der Waals surface area contributed by atoms with Crippen molar-refractivity contribution in [2.24, 2.45) is 5.92 Å². The van der Waals surface area contributed by atoms with Crippen molar-refractivity contribution < 1.29 is 8.42 Å². The van der Waals surface area contributed by atoms with Gasteiger partial charge in [-0.25, -0.2) is 13.1 Å². The molecular weight excluding hydrogens is 366 g/mol. The summed E-state index contributed by atoms with van der Waals surface area (Å²) in [6, 6.07) is 26.7. The molecule has 6 rings (SSSR count). The Labute approximate surface area is 166 Å². The molecule has 142 valence electrons. The van der Waals surface area contributed by atoms with Crippen LogP contribution in [0.1, 0.15) is 46.1 Å². The fraction of sp³-hybridized carbons (Fsp3) is 0.250. The van der Waals surface area contributed by atoms with Gasteiger partial charge in [0, 0.05) is 18.4 Å². The van der Waals surface area contributed by atoms with Crippen LogP contribution in [0.15, 0.2) is 78.9 Å². The lowest BCUT2D eigenvalue weighted by Gasteiger charge is -2.45. The summed E-state index contributed by atoms with van der Waals surface area (Å²) in [5.74, 6) is 0.931. The second-order valence-electron chi connectivity index (χ2n) is 7.88. The van der Waals surface area contributed by atoms with E-state index in [1.54, 1.807) is 0 Å². The first-order chi connectivity index (χ1) is 13.6. The standard InChI is InChI=1S/C24H23NO2S/c26-28(27,16-17-8-2-1-3-9-17)25-15-18-14-23-19-10-4-6-12-21(19)24(18)22-13-7-5-11-20(22)23/h1-13,18,23-25H,14-16H2. The summed E-state index contributed by atoms with van der Waals surface area (Å²) >= 11 is 0. The zero-order valence-electron chi connectivity index (χ0n) is 15.6. The summed E-state index contributed by atoms with van der Waals surface area (Å²) < 4.78 is 28.2. The first-order valence-corrected chi connectivity index (χ1v) is 11.5. The van der Waals surface area contributed by atoms with Crippen LogP contribution in [0.2, 0.25) is 0 Å². The summed E-state index contributed by atoms with van der Waals surface area (Å²) in [5, 5.41) is 0. The third kappa shape index (κ3) is 3.07. The van der Waals surface area contributed by atoms with Crippen molar-refractivity contribution in [3.8, 4) is 0 Å². The van der Waals surface area contributed by atoms with Crippen molar-refractivity contribution in [3.63, 3.8) is 0 Å². The summed E-state index contributed by atoms with van der Waals surface area (Å²) in [7, 11) is -3.36. The van der Waals surface area contributed by atoms with Gasteiger partial charge in [-0.1, -0.05) is 78.9 Å². The van der Waals surface area contributed by atoms with Gasteiger partial charge in [0.2, 0.25) is 10.0 Å². The average molecular weight is 390 g/mol. The van der Waals surface area contributed by atoms with Crippen LogP contribution in [-0.2, 0) is 15.8 Å². The second kappa shape index (κ2) is 6.87. The quantitative estimate of drug-likeness (QED) is 0.703. The molecule has 1 atom stereocenters. The van der Waals surface area contributed by atoms with Gasteiger partial charge in [-0.3, -0.25) is 0 Å². The maximum atomic E-state index is 12.6. The Balaban J connectivity index is 1.40. The average Bonchev–Trinajstić information content (AvgIpc) is 2.73. The Kier molecular flexibility index (Phi) is 4.33. The molecule has 0 aromatic heterocycles. The molecule has 0 amide bonds. The Hall–Kier alpha value is -2.43. The lowest BCUT2D eigenvalue weighted by atomic mass is 9.59. The highest BCUT2D eigenvalue weighted by molar-refractivity contribution is 7.88. The summed E-state index contributed by atoms with van der Waals surface area (Å²) in [5.41, 5.74) is 6.37. The SMILES string of the molecule is O=S(=O)(Cc1ccccc1)NCC1CC2c3ccccc3C1c1ccccc12. The molecule has 3 aromatic rings. The van der Waals surface area contributed by atoms with Crippen molar-refractivity contribution in [2.75, 3.05) is 6.54 Å². The normalized spacial score (nSPS) is 22.5. The van der Waals surface area contributed by atoms with Crippen LogP contribution in [0, 0.1) is 5.92 Å². The molecule has 28 heavy (non-hydrogen) atoms. The van der Waals surface area contributed by atoms with E-state index in [1.165, 1.54) is 22.3 Å². The fourth-order valence-corrected chi connectivity index (χ4v) is 6.24. The van der Waals surface area contributed by atoms with Gasteiger partial charge in [0.05, 0.1) is 5.75 Å². The molecule has 3 aliphatic carbocycles. The molecule has 3 nitrogen and oxygen atoms in total. The predicted octanol–water partition coefficient (Wildman–Crippen LogP) is 4.40. The highest BCUT2D eigenvalue weighted by Gasteiger charge is 2.43. The van der Waals surface area contributed by atoms with Crippen LogP contribution in [-0.4, -0.2) is 15.0 Å². The molecule has 1 N–H and O–H groups in total. The van der Waals surface area contributed by atoms with E-state index in [9.17, 15) is 8.42 Å². The highest BCUT2D eigenvalue weighted by atomic mass is 32.2. The fourth-order valence-electron chi connectivity index (χ4n) is 5.04. The zero-order valence-corrected chi connectivity index (χ0v) is 16.4. The molecule has 2 bridgehead atoms. The van der Waals surface area contributed by atoms with Gasteiger partial charge in [0.25, 0.3) is 0 Å². The number of fused-ring (bicyclic) bond motifs is 1. The molecule has 3 aliphatic rings. The van der Waals surface area contributed by atoms with E-state index < -0.39 is 10.0 Å². The lowest BCUT2D eigenvalue weighted by Crippen LogP contribution is -2.39. The van der Waals surface area contributed by atoms with Crippen LogP contribution in [0.25, 0.3) is 0 Å². The highest BCUT2D eigenvalue weighted by Crippen LogP contribution is 2.55. The van der Waals surface area contributed by atoms with Gasteiger partial charge < -0.3 is 0 Å². The molecule has 0 saturated carbocycles. The van der Waals surface area contributed by atoms with E-state index in [1.807, 2.05) is 30.3 Å². The molecule has 0 radical (unpaired) electrons. The minimum Gasteiger partial charge on any atom is -0.215 e. The topological polar surface area (TPSA) is 46.2 Å². The van der Waals surface area contributed by atoms with E-state index in [0.29, 0.717) is 12.5 Å². The lowest BCUT2D eigenvalue weighted by molar-refractivity contribution is 0.355. The van der Waals surface area contributed by atoms with Crippen molar-refractivity contribution in [3.05, 3.63) is 107 Å². The minimum atomic E-state index is -3.36. The summed E-state index contributed by atoms with van der Waals surface area (Å²) in [4.78, 5) is 0. The Bertz CT molecular complexity index is 1060. The Morgan fingerprint density at radius 3 is 1.89 bits per heavy atom. The molecule has 3 aromatic carbocycles. The number of rotatable bonds is 5.